The van der Waals surface area contributed by atoms with Crippen molar-refractivity contribution < 1.29 is 9.59 Å². The van der Waals surface area contributed by atoms with Crippen LogP contribution in [-0.2, 0) is 9.59 Å². The van der Waals surface area contributed by atoms with Crippen LogP contribution in [0.3, 0.4) is 0 Å². The molecule has 0 amide bonds. The maximum atomic E-state index is 12.9. The molecule has 6 nitrogen and oxygen atoms in total. The van der Waals surface area contributed by atoms with Gasteiger partial charge in [0.25, 0.3) is 0 Å². The van der Waals surface area contributed by atoms with Crippen molar-refractivity contribution in [1.82, 2.24) is 5.43 Å². The quantitative estimate of drug-likeness (QED) is 0.685. The average molecular weight is 248 g/mol. The Balaban J connectivity index is 2.28. The summed E-state index contributed by atoms with van der Waals surface area (Å²) in [4.78, 5) is 25.7. The van der Waals surface area contributed by atoms with Gasteiger partial charge in [-0.15, -0.1) is 0 Å². The number of hydrogen-bond donors (Lipinski definition) is 1. The van der Waals surface area contributed by atoms with E-state index in [0.29, 0.717) is 0 Å². The van der Waals surface area contributed by atoms with E-state index in [9.17, 15) is 9.59 Å². The summed E-state index contributed by atoms with van der Waals surface area (Å²) in [6, 6.07) is 0. The van der Waals surface area contributed by atoms with E-state index in [0.717, 1.165) is 0 Å². The average Bonchev–Trinajstić information content (AvgIpc) is 2.80. The molecule has 1 fully saturated rings. The molecule has 0 radical (unpaired) electrons. The molecule has 2 aliphatic heterocycles. The van der Waals surface area contributed by atoms with Crippen molar-refractivity contribution >= 4 is 17.8 Å². The maximum Gasteiger partial charge on any atom is 0.177 e. The van der Waals surface area contributed by atoms with Crippen molar-refractivity contribution in [1.29, 1.82) is 0 Å². The Bertz CT molecular complexity index is 498. The molecular weight excluding hydrogens is 232 g/mol. The third kappa shape index (κ3) is 0.814. The summed E-state index contributed by atoms with van der Waals surface area (Å²) < 4.78 is 0. The number of carbonyl (C=O) groups excluding carboxylic acids is 2. The zero-order valence-electron chi connectivity index (χ0n) is 10.9. The zero-order chi connectivity index (χ0) is 13.4. The van der Waals surface area contributed by atoms with Gasteiger partial charge in [-0.3, -0.25) is 15.0 Å². The molecule has 4 unspecified atom stereocenters. The van der Waals surface area contributed by atoms with Crippen LogP contribution in [0.15, 0.2) is 15.3 Å². The van der Waals surface area contributed by atoms with Gasteiger partial charge in [0.05, 0.1) is 17.4 Å². The Morgan fingerprint density at radius 3 is 2.50 bits per heavy atom. The number of Topliss-reactive ketones (excluding diaryl/α,β-unsaturated/α-hetero) is 2. The molecule has 0 saturated heterocycles. The molecule has 96 valence electrons. The highest BCUT2D eigenvalue weighted by Gasteiger charge is 2.75. The fourth-order valence-corrected chi connectivity index (χ4v) is 3.34. The second kappa shape index (κ2) is 2.70. The Kier molecular flexibility index (Phi) is 1.73. The fourth-order valence-electron chi connectivity index (χ4n) is 3.34. The largest absolute Gasteiger partial charge is 0.296 e. The smallest absolute Gasteiger partial charge is 0.177 e. The van der Waals surface area contributed by atoms with Crippen LogP contribution in [0, 0.1) is 10.8 Å². The van der Waals surface area contributed by atoms with Crippen molar-refractivity contribution in [3.63, 3.8) is 0 Å². The number of ketones is 2. The van der Waals surface area contributed by atoms with E-state index in [-0.39, 0.29) is 18.1 Å². The van der Waals surface area contributed by atoms with E-state index in [1.54, 1.807) is 27.7 Å². The van der Waals surface area contributed by atoms with E-state index in [1.165, 1.54) is 6.21 Å². The van der Waals surface area contributed by atoms with Crippen molar-refractivity contribution in [2.45, 2.75) is 38.8 Å². The Labute approximate surface area is 105 Å². The van der Waals surface area contributed by atoms with Gasteiger partial charge >= 0.3 is 0 Å². The third-order valence-corrected chi connectivity index (χ3v) is 5.25. The molecule has 1 saturated carbocycles. The summed E-state index contributed by atoms with van der Waals surface area (Å²) in [6.45, 7) is 7.24. The minimum atomic E-state index is -1.07. The van der Waals surface area contributed by atoms with Crippen LogP contribution in [0.2, 0.25) is 0 Å². The molecule has 3 aliphatic rings. The highest BCUT2D eigenvalue weighted by Crippen LogP contribution is 2.56. The van der Waals surface area contributed by atoms with Crippen LogP contribution in [0.1, 0.15) is 27.7 Å². The lowest BCUT2D eigenvalue weighted by Gasteiger charge is -2.52. The molecular formula is C12H16N4O2. The van der Waals surface area contributed by atoms with Gasteiger partial charge in [0.15, 0.2) is 17.1 Å². The van der Waals surface area contributed by atoms with Crippen LogP contribution in [0.5, 0.6) is 0 Å². The summed E-state index contributed by atoms with van der Waals surface area (Å²) in [5.74, 6) is -0.128. The van der Waals surface area contributed by atoms with E-state index < -0.39 is 21.9 Å². The first kappa shape index (κ1) is 11.5. The molecule has 0 aromatic carbocycles. The van der Waals surface area contributed by atoms with E-state index in [2.05, 4.69) is 20.8 Å². The molecule has 1 N–H and O–H groups in total. The highest BCUT2D eigenvalue weighted by atomic mass is 16.2. The maximum absolute atomic E-state index is 12.9. The van der Waals surface area contributed by atoms with Crippen LogP contribution < -0.4 is 5.43 Å². The first-order chi connectivity index (χ1) is 8.22. The lowest BCUT2D eigenvalue weighted by Crippen LogP contribution is -2.75. The lowest BCUT2D eigenvalue weighted by atomic mass is 9.49. The number of hydrogen-bond acceptors (Lipinski definition) is 6. The first-order valence-electron chi connectivity index (χ1n) is 6.02. The van der Waals surface area contributed by atoms with Gasteiger partial charge in [-0.25, -0.2) is 0 Å². The predicted octanol–water partition coefficient (Wildman–Crippen LogP) is 0.723. The number of nitrogens with one attached hydrogen (secondary N) is 1. The molecule has 18 heavy (non-hydrogen) atoms. The number of azo groups is 1. The van der Waals surface area contributed by atoms with Gasteiger partial charge in [-0.05, 0) is 27.7 Å². The molecule has 3 rings (SSSR count). The lowest BCUT2D eigenvalue weighted by molar-refractivity contribution is -0.157. The second-order valence-corrected chi connectivity index (χ2v) is 6.16. The van der Waals surface area contributed by atoms with Gasteiger partial charge in [0.1, 0.15) is 5.54 Å². The van der Waals surface area contributed by atoms with Gasteiger partial charge in [0.2, 0.25) is 0 Å². The summed E-state index contributed by atoms with van der Waals surface area (Å²) in [6.07, 6.45) is 1.53. The molecule has 6 heteroatoms. The fraction of sp³-hybridized carbons (Fsp3) is 0.750. The zero-order valence-corrected chi connectivity index (χ0v) is 10.9. The summed E-state index contributed by atoms with van der Waals surface area (Å²) >= 11 is 0. The van der Waals surface area contributed by atoms with E-state index in [1.807, 2.05) is 0 Å². The number of hydrazone groups is 1. The molecule has 1 aliphatic carbocycles. The van der Waals surface area contributed by atoms with Crippen molar-refractivity contribution in [3.05, 3.63) is 0 Å². The van der Waals surface area contributed by atoms with Gasteiger partial charge in [-0.1, -0.05) is 0 Å². The topological polar surface area (TPSA) is 83.2 Å². The molecule has 2 heterocycles. The standard InChI is InChI=1S/C12H16N4O2/c1-9-5-13-15-11(9,3)8(18)10(2)6-14-16-12(10,4)7(9)17/h5,15H,6H2,1-4H3. The van der Waals surface area contributed by atoms with Crippen LogP contribution >= 0.6 is 0 Å². The van der Waals surface area contributed by atoms with E-state index in [4.69, 9.17) is 0 Å². The minimum absolute atomic E-state index is 0.0397. The van der Waals surface area contributed by atoms with Crippen molar-refractivity contribution in [2.24, 2.45) is 26.2 Å². The Hall–Kier alpha value is -1.59. The molecule has 4 atom stereocenters. The van der Waals surface area contributed by atoms with Gasteiger partial charge in [0, 0.05) is 6.21 Å². The van der Waals surface area contributed by atoms with Gasteiger partial charge in [-0.2, -0.15) is 15.3 Å². The predicted molar refractivity (Wildman–Crippen MR) is 64.4 cm³/mol. The van der Waals surface area contributed by atoms with Crippen LogP contribution in [0.4, 0.5) is 0 Å². The van der Waals surface area contributed by atoms with Crippen LogP contribution in [-0.4, -0.2) is 35.4 Å². The summed E-state index contributed by atoms with van der Waals surface area (Å²) in [5.41, 5.74) is -1.07. The van der Waals surface area contributed by atoms with Crippen LogP contribution in [0.25, 0.3) is 0 Å². The van der Waals surface area contributed by atoms with Crippen molar-refractivity contribution in [3.8, 4) is 0 Å². The number of rotatable bonds is 0. The van der Waals surface area contributed by atoms with Gasteiger partial charge < -0.3 is 0 Å². The van der Waals surface area contributed by atoms with E-state index >= 15 is 0 Å². The number of carbonyl (C=O) groups is 2. The SMILES string of the molecule is CC12C=NNC1(C)C(=O)C1(C)CN=NC1(C)C2=O. The van der Waals surface area contributed by atoms with Crippen molar-refractivity contribution in [2.75, 3.05) is 6.54 Å². The molecule has 0 aromatic heterocycles. The molecule has 0 aromatic rings. The Morgan fingerprint density at radius 1 is 1.17 bits per heavy atom. The normalized spacial score (nSPS) is 53.3. The highest BCUT2D eigenvalue weighted by molar-refractivity contribution is 6.20. The summed E-state index contributed by atoms with van der Waals surface area (Å²) in [7, 11) is 0. The summed E-state index contributed by atoms with van der Waals surface area (Å²) in [5, 5.41) is 12.0. The Morgan fingerprint density at radius 2 is 1.83 bits per heavy atom. The second-order valence-electron chi connectivity index (χ2n) is 6.16. The molecule has 0 bridgehead atoms. The number of nitrogens with zero attached hydrogens (tertiary/aromatic N) is 3. The monoisotopic (exact) mass is 248 g/mol. The first-order valence-corrected chi connectivity index (χ1v) is 6.02. The third-order valence-electron chi connectivity index (χ3n) is 5.25. The molecule has 0 spiro atoms. The number of fused-ring (bicyclic) bond motifs is 2. The minimum Gasteiger partial charge on any atom is -0.296 e.